The summed E-state index contributed by atoms with van der Waals surface area (Å²) in [5, 5.41) is 19.8. The molecule has 0 aliphatic heterocycles. The molecule has 0 N–H and O–H groups in total. The van der Waals surface area contributed by atoms with Crippen LogP contribution >= 0.6 is 34.3 Å². The van der Waals surface area contributed by atoms with Gasteiger partial charge in [0, 0.05) is 18.5 Å². The predicted octanol–water partition coefficient (Wildman–Crippen LogP) is 3.79. The highest BCUT2D eigenvalue weighted by atomic mass is 35.5. The highest BCUT2D eigenvalue weighted by Crippen LogP contribution is 2.33. The Hall–Kier alpha value is -1.93. The standard InChI is InChI=1S/C14H11ClN4OS2/c15-12-4-3-11(22-12)13-18-10(9-21-13)14(20)19(7-1-5-16)8-2-6-17/h3-4,9H,1-2,7-8H2. The summed E-state index contributed by atoms with van der Waals surface area (Å²) < 4.78 is 0.669. The van der Waals surface area contributed by atoms with Gasteiger partial charge in [0.05, 0.1) is 34.2 Å². The van der Waals surface area contributed by atoms with E-state index in [4.69, 9.17) is 22.1 Å². The minimum Gasteiger partial charge on any atom is -0.335 e. The molecular formula is C14H11ClN4OS2. The molecule has 0 atom stereocenters. The van der Waals surface area contributed by atoms with Gasteiger partial charge >= 0.3 is 0 Å². The molecule has 2 aromatic rings. The molecule has 2 heterocycles. The van der Waals surface area contributed by atoms with E-state index in [1.807, 2.05) is 18.2 Å². The summed E-state index contributed by atoms with van der Waals surface area (Å²) in [7, 11) is 0. The number of nitrogens with zero attached hydrogens (tertiary/aromatic N) is 4. The van der Waals surface area contributed by atoms with Gasteiger partial charge in [0.25, 0.3) is 5.91 Å². The third-order valence-electron chi connectivity index (χ3n) is 2.78. The molecule has 0 fully saturated rings. The number of hydrogen-bond acceptors (Lipinski definition) is 6. The van der Waals surface area contributed by atoms with E-state index >= 15 is 0 Å². The maximum atomic E-state index is 12.4. The van der Waals surface area contributed by atoms with Gasteiger partial charge in [0.15, 0.2) is 0 Å². The van der Waals surface area contributed by atoms with Crippen LogP contribution in [0.4, 0.5) is 0 Å². The number of aromatic nitrogens is 1. The van der Waals surface area contributed by atoms with Gasteiger partial charge in [-0.2, -0.15) is 10.5 Å². The predicted molar refractivity (Wildman–Crippen MR) is 86.8 cm³/mol. The van der Waals surface area contributed by atoms with Crippen LogP contribution in [-0.4, -0.2) is 28.9 Å². The molecule has 0 unspecified atom stereocenters. The molecule has 2 rings (SSSR count). The van der Waals surface area contributed by atoms with Crippen LogP contribution in [0.1, 0.15) is 23.3 Å². The summed E-state index contributed by atoms with van der Waals surface area (Å²) in [4.78, 5) is 19.2. The fourth-order valence-corrected chi connectivity index (χ4v) is 3.67. The summed E-state index contributed by atoms with van der Waals surface area (Å²) in [5.41, 5.74) is 0.334. The summed E-state index contributed by atoms with van der Waals surface area (Å²) in [5.74, 6) is -0.254. The third-order valence-corrected chi connectivity index (χ3v) is 5.02. The first-order valence-electron chi connectivity index (χ1n) is 6.40. The molecule has 8 heteroatoms. The lowest BCUT2D eigenvalue weighted by Gasteiger charge is -2.18. The number of nitriles is 2. The van der Waals surface area contributed by atoms with Crippen LogP contribution < -0.4 is 0 Å². The SMILES string of the molecule is N#CCCN(CCC#N)C(=O)c1csc(-c2ccc(Cl)s2)n1. The third kappa shape index (κ3) is 4.05. The summed E-state index contributed by atoms with van der Waals surface area (Å²) in [6, 6.07) is 7.67. The first kappa shape index (κ1) is 16.4. The van der Waals surface area contributed by atoms with Crippen LogP contribution in [0.3, 0.4) is 0 Å². The molecule has 0 saturated carbocycles. The van der Waals surface area contributed by atoms with Crippen molar-refractivity contribution >= 4 is 40.2 Å². The Bertz CT molecular complexity index is 723. The molecule has 0 aromatic carbocycles. The molecule has 0 aliphatic rings. The van der Waals surface area contributed by atoms with Crippen molar-refractivity contribution in [2.45, 2.75) is 12.8 Å². The number of carbonyl (C=O) groups excluding carboxylic acids is 1. The number of rotatable bonds is 6. The first-order valence-corrected chi connectivity index (χ1v) is 8.47. The minimum absolute atomic E-state index is 0.231. The van der Waals surface area contributed by atoms with Gasteiger partial charge in [-0.3, -0.25) is 4.79 Å². The fraction of sp³-hybridized carbons (Fsp3) is 0.286. The Morgan fingerprint density at radius 1 is 1.27 bits per heavy atom. The Labute approximate surface area is 141 Å². The Morgan fingerprint density at radius 2 is 1.95 bits per heavy atom. The molecule has 0 saturated heterocycles. The number of carbonyl (C=O) groups is 1. The zero-order chi connectivity index (χ0) is 15.9. The van der Waals surface area contributed by atoms with E-state index in [1.165, 1.54) is 27.6 Å². The van der Waals surface area contributed by atoms with Gasteiger partial charge in [0.2, 0.25) is 0 Å². The maximum absolute atomic E-state index is 12.4. The Balaban J connectivity index is 2.15. The molecule has 0 bridgehead atoms. The van der Waals surface area contributed by atoms with E-state index in [0.717, 1.165) is 9.88 Å². The molecule has 22 heavy (non-hydrogen) atoms. The highest BCUT2D eigenvalue weighted by molar-refractivity contribution is 7.23. The maximum Gasteiger partial charge on any atom is 0.273 e. The quantitative estimate of drug-likeness (QED) is 0.793. The lowest BCUT2D eigenvalue weighted by atomic mass is 10.3. The van der Waals surface area contributed by atoms with E-state index < -0.39 is 0 Å². The van der Waals surface area contributed by atoms with Crippen molar-refractivity contribution in [3.8, 4) is 22.0 Å². The molecule has 0 aliphatic carbocycles. The number of halogens is 1. The monoisotopic (exact) mass is 350 g/mol. The van der Waals surface area contributed by atoms with Crippen molar-refractivity contribution in [2.75, 3.05) is 13.1 Å². The topological polar surface area (TPSA) is 80.8 Å². The number of thiazole rings is 1. The molecule has 1 amide bonds. The second-order valence-electron chi connectivity index (χ2n) is 4.25. The van der Waals surface area contributed by atoms with Gasteiger partial charge in [-0.1, -0.05) is 11.6 Å². The second kappa shape index (κ2) is 7.90. The van der Waals surface area contributed by atoms with Crippen LogP contribution in [0.5, 0.6) is 0 Å². The zero-order valence-electron chi connectivity index (χ0n) is 11.5. The van der Waals surface area contributed by atoms with Crippen molar-refractivity contribution in [1.82, 2.24) is 9.88 Å². The van der Waals surface area contributed by atoms with Crippen molar-refractivity contribution in [3.05, 3.63) is 27.5 Å². The highest BCUT2D eigenvalue weighted by Gasteiger charge is 2.19. The Morgan fingerprint density at radius 3 is 2.50 bits per heavy atom. The van der Waals surface area contributed by atoms with Crippen LogP contribution in [0.15, 0.2) is 17.5 Å². The molecule has 0 radical (unpaired) electrons. The van der Waals surface area contributed by atoms with Gasteiger partial charge < -0.3 is 4.90 Å². The normalized spacial score (nSPS) is 9.95. The van der Waals surface area contributed by atoms with Gasteiger partial charge in [-0.25, -0.2) is 4.98 Å². The van der Waals surface area contributed by atoms with Crippen molar-refractivity contribution in [3.63, 3.8) is 0 Å². The fourth-order valence-electron chi connectivity index (χ4n) is 1.76. The lowest BCUT2D eigenvalue weighted by molar-refractivity contribution is 0.0757. The van der Waals surface area contributed by atoms with E-state index in [2.05, 4.69) is 4.98 Å². The molecule has 5 nitrogen and oxygen atoms in total. The molecule has 112 valence electrons. The summed E-state index contributed by atoms with van der Waals surface area (Å²) in [6.07, 6.45) is 0.462. The van der Waals surface area contributed by atoms with E-state index in [-0.39, 0.29) is 18.7 Å². The minimum atomic E-state index is -0.254. The molecule has 0 spiro atoms. The van der Waals surface area contributed by atoms with E-state index in [0.29, 0.717) is 23.1 Å². The van der Waals surface area contributed by atoms with E-state index in [9.17, 15) is 4.79 Å². The average molecular weight is 351 g/mol. The average Bonchev–Trinajstić information content (AvgIpc) is 3.15. The molecule has 2 aromatic heterocycles. The van der Waals surface area contributed by atoms with Crippen LogP contribution in [-0.2, 0) is 0 Å². The van der Waals surface area contributed by atoms with Gasteiger partial charge in [-0.15, -0.1) is 22.7 Å². The number of hydrogen-bond donors (Lipinski definition) is 0. The first-order chi connectivity index (χ1) is 10.7. The summed E-state index contributed by atoms with van der Waals surface area (Å²) in [6.45, 7) is 0.601. The summed E-state index contributed by atoms with van der Waals surface area (Å²) >= 11 is 8.68. The van der Waals surface area contributed by atoms with Gasteiger partial charge in [0.1, 0.15) is 10.7 Å². The van der Waals surface area contributed by atoms with Gasteiger partial charge in [-0.05, 0) is 12.1 Å². The smallest absolute Gasteiger partial charge is 0.273 e. The van der Waals surface area contributed by atoms with Crippen molar-refractivity contribution in [2.24, 2.45) is 0 Å². The van der Waals surface area contributed by atoms with E-state index in [1.54, 1.807) is 11.4 Å². The van der Waals surface area contributed by atoms with Crippen molar-refractivity contribution < 1.29 is 4.79 Å². The van der Waals surface area contributed by atoms with Crippen LogP contribution in [0, 0.1) is 22.7 Å². The largest absolute Gasteiger partial charge is 0.335 e. The van der Waals surface area contributed by atoms with Crippen molar-refractivity contribution in [1.29, 1.82) is 10.5 Å². The lowest BCUT2D eigenvalue weighted by Crippen LogP contribution is -2.33. The number of thiophene rings is 1. The second-order valence-corrected chi connectivity index (χ2v) is 6.82. The zero-order valence-corrected chi connectivity index (χ0v) is 13.8. The van der Waals surface area contributed by atoms with Crippen LogP contribution in [0.25, 0.3) is 9.88 Å². The number of amides is 1. The Kier molecular flexibility index (Phi) is 5.91. The molecular weight excluding hydrogens is 340 g/mol. The van der Waals surface area contributed by atoms with Crippen LogP contribution in [0.2, 0.25) is 4.34 Å².